The van der Waals surface area contributed by atoms with Gasteiger partial charge in [0, 0.05) is 11.4 Å². The molecule has 0 aliphatic carbocycles. The highest BCUT2D eigenvalue weighted by molar-refractivity contribution is 7.99. The molecule has 1 aliphatic rings. The molecule has 0 fully saturated rings. The van der Waals surface area contributed by atoms with Crippen LogP contribution in [0.5, 0.6) is 0 Å². The summed E-state index contributed by atoms with van der Waals surface area (Å²) in [5.41, 5.74) is 2.34. The molecule has 2 heterocycles. The molecule has 3 rings (SSSR count). The number of esters is 1. The van der Waals surface area contributed by atoms with Gasteiger partial charge in [0.25, 0.3) is 0 Å². The Kier molecular flexibility index (Phi) is 7.14. The summed E-state index contributed by atoms with van der Waals surface area (Å²) in [5, 5.41) is 8.68. The first-order chi connectivity index (χ1) is 13.7. The number of fused-ring (bicyclic) bond motifs is 1. The lowest BCUT2D eigenvalue weighted by atomic mass is 9.96. The Labute approximate surface area is 170 Å². The third-order valence-corrected chi connectivity index (χ3v) is 5.55. The molecule has 1 aromatic carbocycles. The van der Waals surface area contributed by atoms with Crippen LogP contribution in [0.15, 0.2) is 46.8 Å². The number of hydrogen-bond donors (Lipinski definition) is 1. The predicted octanol–water partition coefficient (Wildman–Crippen LogP) is 4.80. The Morgan fingerprint density at radius 3 is 2.68 bits per heavy atom. The van der Waals surface area contributed by atoms with Gasteiger partial charge < -0.3 is 10.1 Å². The van der Waals surface area contributed by atoms with Gasteiger partial charge >= 0.3 is 5.97 Å². The standard InChI is InChI=1S/C21H28N4O2S/c1-4-6-13-27-19(26)17-15(3)22-20-23-21(28-14-7-5-2)24-25(20)18(17)16-11-9-8-10-12-16/h8-12,18H,4-7,13-14H2,1-3H3,(H,22,23,24). The van der Waals surface area contributed by atoms with Crippen molar-refractivity contribution in [2.75, 3.05) is 17.7 Å². The van der Waals surface area contributed by atoms with Crippen LogP contribution in [-0.2, 0) is 9.53 Å². The molecular weight excluding hydrogens is 372 g/mol. The number of ether oxygens (including phenoxy) is 1. The molecule has 1 N–H and O–H groups in total. The average Bonchev–Trinajstić information content (AvgIpc) is 3.10. The second-order valence-electron chi connectivity index (χ2n) is 6.83. The molecule has 2 aromatic rings. The number of nitrogens with one attached hydrogen (secondary N) is 1. The van der Waals surface area contributed by atoms with E-state index in [4.69, 9.17) is 9.84 Å². The van der Waals surface area contributed by atoms with Crippen molar-refractivity contribution in [1.82, 2.24) is 14.8 Å². The van der Waals surface area contributed by atoms with Crippen molar-refractivity contribution in [1.29, 1.82) is 0 Å². The summed E-state index contributed by atoms with van der Waals surface area (Å²) in [6.45, 7) is 6.57. The maximum absolute atomic E-state index is 12.9. The number of benzene rings is 1. The van der Waals surface area contributed by atoms with Crippen LogP contribution in [-0.4, -0.2) is 33.1 Å². The van der Waals surface area contributed by atoms with Crippen molar-refractivity contribution < 1.29 is 9.53 Å². The molecule has 150 valence electrons. The largest absolute Gasteiger partial charge is 0.462 e. The van der Waals surface area contributed by atoms with Crippen LogP contribution < -0.4 is 5.32 Å². The van der Waals surface area contributed by atoms with Gasteiger partial charge in [0.2, 0.25) is 11.1 Å². The Morgan fingerprint density at radius 2 is 1.96 bits per heavy atom. The number of nitrogens with zero attached hydrogens (tertiary/aromatic N) is 3. The lowest BCUT2D eigenvalue weighted by Crippen LogP contribution is -2.29. The first-order valence-corrected chi connectivity index (χ1v) is 10.9. The molecule has 1 unspecified atom stereocenters. The highest BCUT2D eigenvalue weighted by Crippen LogP contribution is 2.36. The minimum Gasteiger partial charge on any atom is -0.462 e. The molecule has 6 nitrogen and oxygen atoms in total. The predicted molar refractivity (Wildman–Crippen MR) is 112 cm³/mol. The Morgan fingerprint density at radius 1 is 1.21 bits per heavy atom. The van der Waals surface area contributed by atoms with E-state index in [0.29, 0.717) is 18.1 Å². The number of carbonyl (C=O) groups is 1. The van der Waals surface area contributed by atoms with E-state index in [9.17, 15) is 4.79 Å². The number of thioether (sulfide) groups is 1. The monoisotopic (exact) mass is 400 g/mol. The van der Waals surface area contributed by atoms with Crippen LogP contribution in [0.2, 0.25) is 0 Å². The molecule has 0 spiro atoms. The zero-order valence-electron chi connectivity index (χ0n) is 16.8. The fourth-order valence-electron chi connectivity index (χ4n) is 3.10. The van der Waals surface area contributed by atoms with Crippen LogP contribution in [0.1, 0.15) is 58.1 Å². The summed E-state index contributed by atoms with van der Waals surface area (Å²) in [6.07, 6.45) is 4.10. The summed E-state index contributed by atoms with van der Waals surface area (Å²) in [4.78, 5) is 17.5. The third kappa shape index (κ3) is 4.58. The van der Waals surface area contributed by atoms with E-state index in [2.05, 4.69) is 24.1 Å². The number of unbranched alkanes of at least 4 members (excludes halogenated alkanes) is 2. The minimum absolute atomic E-state index is 0.298. The maximum atomic E-state index is 12.9. The fourth-order valence-corrected chi connectivity index (χ4v) is 4.01. The summed E-state index contributed by atoms with van der Waals surface area (Å²) in [6, 6.07) is 9.59. The Balaban J connectivity index is 1.94. The first kappa shape index (κ1) is 20.5. The number of aromatic nitrogens is 3. The molecule has 0 saturated carbocycles. The smallest absolute Gasteiger partial charge is 0.338 e. The second-order valence-corrected chi connectivity index (χ2v) is 7.89. The van der Waals surface area contributed by atoms with Crippen molar-refractivity contribution in [3.8, 4) is 0 Å². The Bertz CT molecular complexity index is 832. The Hall–Kier alpha value is -2.28. The van der Waals surface area contributed by atoms with E-state index < -0.39 is 0 Å². The van der Waals surface area contributed by atoms with E-state index in [1.54, 1.807) is 11.8 Å². The normalized spacial score (nSPS) is 15.9. The van der Waals surface area contributed by atoms with Crippen molar-refractivity contribution in [3.05, 3.63) is 47.2 Å². The van der Waals surface area contributed by atoms with Crippen molar-refractivity contribution in [2.45, 2.75) is 57.7 Å². The van der Waals surface area contributed by atoms with E-state index in [1.165, 1.54) is 0 Å². The summed E-state index contributed by atoms with van der Waals surface area (Å²) >= 11 is 1.65. The van der Waals surface area contributed by atoms with Gasteiger partial charge in [-0.2, -0.15) is 4.98 Å². The third-order valence-electron chi connectivity index (χ3n) is 4.63. The number of rotatable bonds is 9. The molecule has 1 aliphatic heterocycles. The summed E-state index contributed by atoms with van der Waals surface area (Å²) in [7, 11) is 0. The van der Waals surface area contributed by atoms with Gasteiger partial charge in [-0.15, -0.1) is 5.10 Å². The van der Waals surface area contributed by atoms with Gasteiger partial charge in [0.15, 0.2) is 0 Å². The zero-order valence-corrected chi connectivity index (χ0v) is 17.6. The SMILES string of the molecule is CCCCOC(=O)C1=C(C)Nc2nc(SCCCC)nn2C1c1ccccc1. The summed E-state index contributed by atoms with van der Waals surface area (Å²) in [5.74, 6) is 1.35. The van der Waals surface area contributed by atoms with Crippen molar-refractivity contribution >= 4 is 23.7 Å². The first-order valence-electron chi connectivity index (χ1n) is 9.94. The van der Waals surface area contributed by atoms with Crippen molar-refractivity contribution in [3.63, 3.8) is 0 Å². The lowest BCUT2D eigenvalue weighted by molar-refractivity contribution is -0.139. The van der Waals surface area contributed by atoms with Crippen LogP contribution in [0.4, 0.5) is 5.95 Å². The molecule has 7 heteroatoms. The molecule has 0 bridgehead atoms. The highest BCUT2D eigenvalue weighted by atomic mass is 32.2. The van der Waals surface area contributed by atoms with Gasteiger partial charge in [-0.3, -0.25) is 0 Å². The van der Waals surface area contributed by atoms with Crippen LogP contribution >= 0.6 is 11.8 Å². The van der Waals surface area contributed by atoms with Crippen molar-refractivity contribution in [2.24, 2.45) is 0 Å². The van der Waals surface area contributed by atoms with E-state index in [-0.39, 0.29) is 12.0 Å². The zero-order chi connectivity index (χ0) is 19.9. The number of carbonyl (C=O) groups excluding carboxylic acids is 1. The minimum atomic E-state index is -0.348. The van der Waals surface area contributed by atoms with E-state index in [1.807, 2.05) is 41.9 Å². The molecular formula is C21H28N4O2S. The molecule has 1 atom stereocenters. The fraction of sp³-hybridized carbons (Fsp3) is 0.476. The number of allylic oxidation sites excluding steroid dienone is 1. The molecule has 1 aromatic heterocycles. The second kappa shape index (κ2) is 9.78. The maximum Gasteiger partial charge on any atom is 0.338 e. The van der Waals surface area contributed by atoms with Crippen LogP contribution in [0.25, 0.3) is 0 Å². The average molecular weight is 401 g/mol. The van der Waals surface area contributed by atoms with Gasteiger partial charge in [-0.1, -0.05) is 68.8 Å². The van der Waals surface area contributed by atoms with E-state index >= 15 is 0 Å². The number of hydrogen-bond acceptors (Lipinski definition) is 6. The van der Waals surface area contributed by atoms with Gasteiger partial charge in [0.05, 0.1) is 12.2 Å². The van der Waals surface area contributed by atoms with Gasteiger partial charge in [-0.05, 0) is 25.3 Å². The summed E-state index contributed by atoms with van der Waals surface area (Å²) < 4.78 is 7.35. The molecule has 0 radical (unpaired) electrons. The number of anilines is 1. The molecule has 0 amide bonds. The van der Waals surface area contributed by atoms with E-state index in [0.717, 1.165) is 47.9 Å². The highest BCUT2D eigenvalue weighted by Gasteiger charge is 2.35. The topological polar surface area (TPSA) is 69.0 Å². The van der Waals surface area contributed by atoms with Crippen LogP contribution in [0.3, 0.4) is 0 Å². The quantitative estimate of drug-likeness (QED) is 0.370. The van der Waals surface area contributed by atoms with Gasteiger partial charge in [-0.25, -0.2) is 9.48 Å². The molecule has 0 saturated heterocycles. The lowest BCUT2D eigenvalue weighted by Gasteiger charge is -2.28. The molecule has 28 heavy (non-hydrogen) atoms. The van der Waals surface area contributed by atoms with Gasteiger partial charge in [0.1, 0.15) is 6.04 Å². The van der Waals surface area contributed by atoms with Crippen LogP contribution in [0, 0.1) is 0 Å².